The fourth-order valence-corrected chi connectivity index (χ4v) is 7.43. The molecule has 0 unspecified atom stereocenters. The van der Waals surface area contributed by atoms with Gasteiger partial charge >= 0.3 is 48.8 Å². The maximum atomic E-state index is 12.7. The van der Waals surface area contributed by atoms with Crippen LogP contribution in [0.5, 0.6) is 0 Å². The lowest BCUT2D eigenvalue weighted by Crippen LogP contribution is -2.52. The number of carbonyl (C=O) groups excluding carboxylic acids is 5. The number of amides is 2. The molecule has 6 rings (SSSR count). The summed E-state index contributed by atoms with van der Waals surface area (Å²) in [6.07, 6.45) is -30.3. The number of rotatable bonds is 11. The summed E-state index contributed by atoms with van der Waals surface area (Å²) in [5.41, 5.74) is 5.15. The van der Waals surface area contributed by atoms with Crippen LogP contribution in [-0.2, 0) is 48.2 Å². The van der Waals surface area contributed by atoms with Gasteiger partial charge in [0.2, 0.25) is 0 Å². The number of halogens is 12. The molecule has 2 aromatic heterocycles. The normalized spacial score (nSPS) is 14.9. The third-order valence-electron chi connectivity index (χ3n) is 10.9. The number of hydrogen-bond acceptors (Lipinski definition) is 13. The van der Waals surface area contributed by atoms with Crippen LogP contribution >= 0.6 is 0 Å². The number of benzene rings is 2. The van der Waals surface area contributed by atoms with Crippen molar-refractivity contribution in [3.63, 3.8) is 0 Å². The summed E-state index contributed by atoms with van der Waals surface area (Å²) in [5, 5.41) is 11.6. The molecule has 2 aliphatic heterocycles. The molecule has 29 heteroatoms. The molecular weight excluding hydrogens is 1080 g/mol. The molecule has 1 N–H and O–H groups in total. The average molecular weight is 1150 g/mol. The molecule has 4 aromatic rings. The van der Waals surface area contributed by atoms with Gasteiger partial charge in [-0.1, -0.05) is 35.4 Å². The van der Waals surface area contributed by atoms with E-state index in [9.17, 15) is 76.7 Å². The Labute approximate surface area is 446 Å². The van der Waals surface area contributed by atoms with Crippen LogP contribution in [0, 0.1) is 13.8 Å². The largest absolute Gasteiger partial charge is 0.459 e. The molecule has 0 spiro atoms. The van der Waals surface area contributed by atoms with Crippen molar-refractivity contribution in [2.45, 2.75) is 123 Å². The van der Waals surface area contributed by atoms with E-state index in [0.717, 1.165) is 43.9 Å². The lowest BCUT2D eigenvalue weighted by molar-refractivity contribution is -0.309. The molecule has 0 bridgehead atoms. The second-order valence-corrected chi connectivity index (χ2v) is 20.0. The zero-order valence-electron chi connectivity index (χ0n) is 44.1. The quantitative estimate of drug-likeness (QED) is 0.0650. The van der Waals surface area contributed by atoms with Crippen LogP contribution in [0.25, 0.3) is 22.5 Å². The molecular formula is C50H60F12N8O9. The fourth-order valence-electron chi connectivity index (χ4n) is 7.43. The van der Waals surface area contributed by atoms with E-state index in [1.807, 2.05) is 69.9 Å². The first kappa shape index (κ1) is 64.6. The number of piperazine rings is 2. The van der Waals surface area contributed by atoms with Crippen molar-refractivity contribution >= 4 is 30.4 Å². The summed E-state index contributed by atoms with van der Waals surface area (Å²) >= 11 is 0. The first-order valence-electron chi connectivity index (χ1n) is 24.1. The molecule has 0 atom stereocenters. The zero-order chi connectivity index (χ0) is 59.5. The van der Waals surface area contributed by atoms with E-state index >= 15 is 0 Å². The molecule has 438 valence electrons. The summed E-state index contributed by atoms with van der Waals surface area (Å²) < 4.78 is 170. The van der Waals surface area contributed by atoms with Crippen LogP contribution in [-0.4, -0.2) is 165 Å². The number of nitrogens with zero attached hydrogens (tertiary/aromatic N) is 7. The van der Waals surface area contributed by atoms with Crippen molar-refractivity contribution in [2.24, 2.45) is 0 Å². The van der Waals surface area contributed by atoms with Crippen molar-refractivity contribution in [1.29, 1.82) is 0 Å². The molecule has 4 heterocycles. The Hall–Kier alpha value is -6.91. The van der Waals surface area contributed by atoms with Crippen molar-refractivity contribution < 1.29 is 95.6 Å². The third kappa shape index (κ3) is 21.0. The van der Waals surface area contributed by atoms with Gasteiger partial charge in [0.25, 0.3) is 12.2 Å². The molecule has 79 heavy (non-hydrogen) atoms. The van der Waals surface area contributed by atoms with E-state index in [1.54, 1.807) is 51.4 Å². The molecule has 17 nitrogen and oxygen atoms in total. The number of esters is 2. The zero-order valence-corrected chi connectivity index (χ0v) is 44.1. The highest BCUT2D eigenvalue weighted by Gasteiger charge is 2.61. The second kappa shape index (κ2) is 26.4. The number of ether oxygens (including phenoxy) is 4. The van der Waals surface area contributed by atoms with Crippen LogP contribution in [0.3, 0.4) is 0 Å². The van der Waals surface area contributed by atoms with Gasteiger partial charge in [0.15, 0.2) is 6.29 Å². The number of aryl methyl sites for hydroxylation is 2. The van der Waals surface area contributed by atoms with Gasteiger partial charge in [0, 0.05) is 88.0 Å². The van der Waals surface area contributed by atoms with Gasteiger partial charge in [-0.25, -0.2) is 9.59 Å². The average Bonchev–Trinajstić information content (AvgIpc) is 3.99. The monoisotopic (exact) mass is 1140 g/mol. The maximum absolute atomic E-state index is 12.7. The minimum Gasteiger partial charge on any atom is -0.459 e. The van der Waals surface area contributed by atoms with Crippen LogP contribution in [0.2, 0.25) is 0 Å². The highest BCUT2D eigenvalue weighted by Crippen LogP contribution is 2.37. The molecule has 2 fully saturated rings. The number of aromatic nitrogens is 4. The van der Waals surface area contributed by atoms with Crippen LogP contribution in [0.15, 0.2) is 60.9 Å². The Morgan fingerprint density at radius 2 is 0.962 bits per heavy atom. The molecule has 2 saturated heterocycles. The molecule has 2 amide bonds. The lowest BCUT2D eigenvalue weighted by atomic mass is 10.0. The van der Waals surface area contributed by atoms with E-state index in [-0.39, 0.29) is 71.4 Å². The Bertz CT molecular complexity index is 2670. The van der Waals surface area contributed by atoms with Crippen LogP contribution in [0.4, 0.5) is 62.3 Å². The Morgan fingerprint density at radius 3 is 1.37 bits per heavy atom. The third-order valence-corrected chi connectivity index (χ3v) is 10.9. The second-order valence-electron chi connectivity index (χ2n) is 20.0. The van der Waals surface area contributed by atoms with E-state index in [1.165, 1.54) is 9.36 Å². The van der Waals surface area contributed by atoms with E-state index in [2.05, 4.69) is 25.0 Å². The first-order valence-corrected chi connectivity index (χ1v) is 24.1. The van der Waals surface area contributed by atoms with Crippen LogP contribution in [0.1, 0.15) is 68.6 Å². The molecule has 0 radical (unpaired) electrons. The van der Waals surface area contributed by atoms with Gasteiger partial charge in [-0.2, -0.15) is 62.9 Å². The van der Waals surface area contributed by atoms with Gasteiger partial charge in [-0.15, -0.1) is 0 Å². The molecule has 2 aliphatic rings. The molecule has 0 aliphatic carbocycles. The summed E-state index contributed by atoms with van der Waals surface area (Å²) in [6.45, 7) is 15.8. The van der Waals surface area contributed by atoms with E-state index in [4.69, 9.17) is 9.47 Å². The van der Waals surface area contributed by atoms with E-state index < -0.39 is 66.3 Å². The summed E-state index contributed by atoms with van der Waals surface area (Å²) in [6, 6.07) is 14.8. The Kier molecular flexibility index (Phi) is 21.6. The predicted octanol–water partition coefficient (Wildman–Crippen LogP) is 9.48. The van der Waals surface area contributed by atoms with Crippen molar-refractivity contribution in [3.8, 4) is 22.5 Å². The molecule has 0 saturated carbocycles. The smallest absolute Gasteiger partial charge is 0.434 e. The minimum absolute atomic E-state index is 0.00126. The van der Waals surface area contributed by atoms with Gasteiger partial charge in [-0.3, -0.25) is 28.6 Å². The topological polar surface area (TPSA) is 180 Å². The van der Waals surface area contributed by atoms with Crippen molar-refractivity contribution in [3.05, 3.63) is 83.2 Å². The first-order chi connectivity index (χ1) is 36.3. The Balaban J connectivity index is 0.000000283. The highest BCUT2D eigenvalue weighted by atomic mass is 19.4. The predicted molar refractivity (Wildman–Crippen MR) is 258 cm³/mol. The standard InChI is InChI=1S/C25H30F6N4O4.C17H20N2O3.C8H10F6N2O2/c1-16-5-6-17(18(13-16)19-7-8-35(32-19)15-20(36)39-23(2,3)4)14-33-9-11-34(12-10-33)22(37)38-21(24(26,27)28)25(29,30)31;1-12-5-6-13(11-20)14(9-12)15-7-8-19(18-15)10-16(21)22-17(2,3)4;9-7(10,11)5(8(12,13)14)18-6(17)16-3-1-15-2-4-16/h5-8,13,21H,9-12,14-15H2,1-4H3;5-9,11H,10H2,1-4H3;5,15H,1-4H2. The lowest BCUT2D eigenvalue weighted by Gasteiger charge is -2.35. The van der Waals surface area contributed by atoms with Gasteiger partial charge < -0.3 is 34.1 Å². The number of hydrogen-bond donors (Lipinski definition) is 1. The van der Waals surface area contributed by atoms with Gasteiger partial charge in [-0.05, 0) is 85.2 Å². The number of aldehydes is 1. The Morgan fingerprint density at radius 1 is 0.570 bits per heavy atom. The summed E-state index contributed by atoms with van der Waals surface area (Å²) in [4.78, 5) is 61.9. The number of carbonyl (C=O) groups is 5. The van der Waals surface area contributed by atoms with Crippen molar-refractivity contribution in [1.82, 2.24) is 39.6 Å². The number of nitrogens with one attached hydrogen (secondary N) is 1. The minimum atomic E-state index is -5.77. The molecule has 2 aromatic carbocycles. The van der Waals surface area contributed by atoms with E-state index in [0.29, 0.717) is 23.5 Å². The summed E-state index contributed by atoms with van der Waals surface area (Å²) in [7, 11) is 0. The summed E-state index contributed by atoms with van der Waals surface area (Å²) in [5.74, 6) is -0.781. The number of alkyl halides is 12. The SMILES string of the molecule is Cc1ccc(C=O)c(-c2ccn(CC(=O)OC(C)(C)C)n2)c1.Cc1ccc(CN2CCN(C(=O)OC(C(F)(F)F)C(F)(F)F)CC2)c(-c2ccn(CC(=O)OC(C)(C)C)n2)c1.O=C(OC(C(F)(F)F)C(F)(F)F)N1CCNCC1. The fraction of sp³-hybridized carbons (Fsp3) is 0.540. The van der Waals surface area contributed by atoms with Crippen molar-refractivity contribution in [2.75, 3.05) is 52.4 Å². The highest BCUT2D eigenvalue weighted by molar-refractivity contribution is 5.86. The van der Waals surface area contributed by atoms with Gasteiger partial charge in [0.1, 0.15) is 24.3 Å². The maximum Gasteiger partial charge on any atom is 0.434 e. The van der Waals surface area contributed by atoms with Crippen LogP contribution < -0.4 is 5.32 Å². The van der Waals surface area contributed by atoms with Gasteiger partial charge in [0.05, 0.1) is 11.4 Å².